The van der Waals surface area contributed by atoms with Crippen molar-refractivity contribution in [1.29, 1.82) is 0 Å². The summed E-state index contributed by atoms with van der Waals surface area (Å²) in [5, 5.41) is 13.6. The fourth-order valence-electron chi connectivity index (χ4n) is 2.56. The molecular weight excluding hydrogens is 388 g/mol. The monoisotopic (exact) mass is 406 g/mol. The van der Waals surface area contributed by atoms with Gasteiger partial charge < -0.3 is 14.8 Å². The lowest BCUT2D eigenvalue weighted by Crippen LogP contribution is -2.21. The molecule has 0 fully saturated rings. The summed E-state index contributed by atoms with van der Waals surface area (Å²) in [5.41, 5.74) is 1.01. The molecule has 0 bridgehead atoms. The molecule has 30 heavy (non-hydrogen) atoms. The van der Waals surface area contributed by atoms with Crippen LogP contribution in [0.2, 0.25) is 0 Å². The van der Waals surface area contributed by atoms with Crippen molar-refractivity contribution in [3.05, 3.63) is 94.0 Å². The number of benzene rings is 3. The van der Waals surface area contributed by atoms with E-state index in [9.17, 15) is 19.7 Å². The summed E-state index contributed by atoms with van der Waals surface area (Å²) in [7, 11) is 0. The zero-order valence-corrected chi connectivity index (χ0v) is 16.0. The van der Waals surface area contributed by atoms with Gasteiger partial charge in [0.25, 0.3) is 11.6 Å². The molecule has 0 aliphatic carbocycles. The van der Waals surface area contributed by atoms with E-state index in [-0.39, 0.29) is 11.3 Å². The van der Waals surface area contributed by atoms with Crippen LogP contribution in [0.25, 0.3) is 0 Å². The second kappa shape index (κ2) is 9.33. The molecule has 0 heterocycles. The first-order valence-corrected chi connectivity index (χ1v) is 8.97. The SMILES string of the molecule is Cc1ccc(Oc2ccc(NC(=O)COC(=O)c3ccccc3[N+](=O)[O-])cc2)cc1. The summed E-state index contributed by atoms with van der Waals surface area (Å²) in [5.74, 6) is -0.229. The quantitative estimate of drug-likeness (QED) is 0.352. The Morgan fingerprint density at radius 1 is 0.933 bits per heavy atom. The Hall–Kier alpha value is -4.20. The molecule has 0 atom stereocenters. The minimum absolute atomic E-state index is 0.215. The molecule has 0 unspecified atom stereocenters. The average Bonchev–Trinajstić information content (AvgIpc) is 2.75. The number of aryl methyl sites for hydroxylation is 1. The maximum Gasteiger partial charge on any atom is 0.345 e. The molecule has 1 N–H and O–H groups in total. The van der Waals surface area contributed by atoms with E-state index in [1.165, 1.54) is 24.3 Å². The number of hydrogen-bond acceptors (Lipinski definition) is 6. The lowest BCUT2D eigenvalue weighted by molar-refractivity contribution is -0.385. The lowest BCUT2D eigenvalue weighted by atomic mass is 10.2. The highest BCUT2D eigenvalue weighted by Crippen LogP contribution is 2.23. The zero-order valence-electron chi connectivity index (χ0n) is 16.0. The summed E-state index contributed by atoms with van der Waals surface area (Å²) < 4.78 is 10.6. The number of rotatable bonds is 7. The number of esters is 1. The minimum atomic E-state index is -0.945. The van der Waals surface area contributed by atoms with Gasteiger partial charge in [0.05, 0.1) is 4.92 Å². The zero-order chi connectivity index (χ0) is 21.5. The molecule has 0 spiro atoms. The first kappa shape index (κ1) is 20.5. The van der Waals surface area contributed by atoms with E-state index < -0.39 is 23.4 Å². The Bertz CT molecular complexity index is 1060. The van der Waals surface area contributed by atoms with Crippen molar-refractivity contribution in [2.75, 3.05) is 11.9 Å². The topological polar surface area (TPSA) is 108 Å². The Kier molecular flexibility index (Phi) is 6.39. The van der Waals surface area contributed by atoms with Gasteiger partial charge in [0.15, 0.2) is 6.61 Å². The molecular formula is C22H18N2O6. The number of carbonyl (C=O) groups excluding carboxylic acids is 2. The molecule has 8 nitrogen and oxygen atoms in total. The van der Waals surface area contributed by atoms with E-state index in [1.807, 2.05) is 31.2 Å². The largest absolute Gasteiger partial charge is 0.457 e. The van der Waals surface area contributed by atoms with Crippen LogP contribution in [0, 0.1) is 17.0 Å². The van der Waals surface area contributed by atoms with Crippen molar-refractivity contribution in [3.63, 3.8) is 0 Å². The third kappa shape index (κ3) is 5.41. The van der Waals surface area contributed by atoms with Crippen molar-refractivity contribution >= 4 is 23.3 Å². The van der Waals surface area contributed by atoms with Gasteiger partial charge in [-0.05, 0) is 49.4 Å². The highest BCUT2D eigenvalue weighted by molar-refractivity contribution is 5.97. The summed E-state index contributed by atoms with van der Waals surface area (Å²) in [6.07, 6.45) is 0. The highest BCUT2D eigenvalue weighted by atomic mass is 16.6. The molecule has 3 aromatic rings. The number of ether oxygens (including phenoxy) is 2. The maximum atomic E-state index is 12.0. The highest BCUT2D eigenvalue weighted by Gasteiger charge is 2.21. The molecule has 152 valence electrons. The van der Waals surface area contributed by atoms with Crippen molar-refractivity contribution in [2.24, 2.45) is 0 Å². The molecule has 8 heteroatoms. The standard InChI is InChI=1S/C22H18N2O6/c1-15-6-10-17(11-7-15)30-18-12-8-16(9-13-18)23-21(25)14-29-22(26)19-4-2-3-5-20(19)24(27)28/h2-13H,14H2,1H3,(H,23,25). The van der Waals surface area contributed by atoms with E-state index in [0.717, 1.165) is 5.56 Å². The summed E-state index contributed by atoms with van der Waals surface area (Å²) >= 11 is 0. The number of anilines is 1. The first-order valence-electron chi connectivity index (χ1n) is 8.97. The third-order valence-electron chi connectivity index (χ3n) is 4.05. The van der Waals surface area contributed by atoms with Crippen molar-refractivity contribution < 1.29 is 24.0 Å². The molecule has 3 aromatic carbocycles. The van der Waals surface area contributed by atoms with Gasteiger partial charge in [-0.25, -0.2) is 4.79 Å². The van der Waals surface area contributed by atoms with E-state index >= 15 is 0 Å². The maximum absolute atomic E-state index is 12.0. The van der Waals surface area contributed by atoms with Crippen LogP contribution >= 0.6 is 0 Å². The van der Waals surface area contributed by atoms with Crippen molar-refractivity contribution in [1.82, 2.24) is 0 Å². The smallest absolute Gasteiger partial charge is 0.345 e. The third-order valence-corrected chi connectivity index (χ3v) is 4.05. The van der Waals surface area contributed by atoms with Crippen LogP contribution in [0.3, 0.4) is 0 Å². The van der Waals surface area contributed by atoms with Gasteiger partial charge >= 0.3 is 5.97 Å². The number of carbonyl (C=O) groups is 2. The number of nitro benzene ring substituents is 1. The molecule has 0 aliphatic heterocycles. The normalized spacial score (nSPS) is 10.2. The number of nitro groups is 1. The average molecular weight is 406 g/mol. The summed E-state index contributed by atoms with van der Waals surface area (Å²) in [4.78, 5) is 34.4. The number of nitrogens with one attached hydrogen (secondary N) is 1. The van der Waals surface area contributed by atoms with E-state index in [1.54, 1.807) is 24.3 Å². The summed E-state index contributed by atoms with van der Waals surface area (Å²) in [6.45, 7) is 1.41. The van der Waals surface area contributed by atoms with Crippen LogP contribution in [-0.4, -0.2) is 23.4 Å². The lowest BCUT2D eigenvalue weighted by Gasteiger charge is -2.09. The van der Waals surface area contributed by atoms with Gasteiger partial charge in [0.1, 0.15) is 17.1 Å². The van der Waals surface area contributed by atoms with Gasteiger partial charge in [0.2, 0.25) is 0 Å². The van der Waals surface area contributed by atoms with Gasteiger partial charge in [-0.15, -0.1) is 0 Å². The molecule has 0 radical (unpaired) electrons. The van der Waals surface area contributed by atoms with Gasteiger partial charge in [0, 0.05) is 11.8 Å². The van der Waals surface area contributed by atoms with Crippen molar-refractivity contribution in [2.45, 2.75) is 6.92 Å². The van der Waals surface area contributed by atoms with E-state index in [4.69, 9.17) is 9.47 Å². The number of para-hydroxylation sites is 1. The second-order valence-corrected chi connectivity index (χ2v) is 6.34. The molecule has 3 rings (SSSR count). The van der Waals surface area contributed by atoms with Gasteiger partial charge in [-0.2, -0.15) is 0 Å². The van der Waals surface area contributed by atoms with Crippen LogP contribution in [0.15, 0.2) is 72.8 Å². The molecule has 0 aliphatic rings. The number of hydrogen-bond donors (Lipinski definition) is 1. The van der Waals surface area contributed by atoms with E-state index in [0.29, 0.717) is 17.2 Å². The minimum Gasteiger partial charge on any atom is -0.457 e. The predicted octanol–water partition coefficient (Wildman–Crippen LogP) is 4.49. The van der Waals surface area contributed by atoms with Crippen LogP contribution in [0.4, 0.5) is 11.4 Å². The predicted molar refractivity (Wildman–Crippen MR) is 110 cm³/mol. The molecule has 0 aromatic heterocycles. The van der Waals surface area contributed by atoms with E-state index in [2.05, 4.69) is 5.32 Å². The van der Waals surface area contributed by atoms with Gasteiger partial charge in [-0.3, -0.25) is 14.9 Å². The molecule has 0 saturated carbocycles. The second-order valence-electron chi connectivity index (χ2n) is 6.34. The van der Waals surface area contributed by atoms with Crippen molar-refractivity contribution in [3.8, 4) is 11.5 Å². The Morgan fingerprint density at radius 3 is 2.17 bits per heavy atom. The van der Waals surface area contributed by atoms with Crippen LogP contribution < -0.4 is 10.1 Å². The first-order chi connectivity index (χ1) is 14.4. The van der Waals surface area contributed by atoms with Crippen LogP contribution in [0.1, 0.15) is 15.9 Å². The number of nitrogens with zero attached hydrogens (tertiary/aromatic N) is 1. The Balaban J connectivity index is 1.53. The van der Waals surface area contributed by atoms with Crippen LogP contribution in [0.5, 0.6) is 11.5 Å². The van der Waals surface area contributed by atoms with Gasteiger partial charge in [-0.1, -0.05) is 29.8 Å². The fourth-order valence-corrected chi connectivity index (χ4v) is 2.56. The summed E-state index contributed by atoms with van der Waals surface area (Å²) in [6, 6.07) is 19.6. The number of amides is 1. The fraction of sp³-hybridized carbons (Fsp3) is 0.0909. The van der Waals surface area contributed by atoms with Crippen LogP contribution in [-0.2, 0) is 9.53 Å². The molecule has 1 amide bonds. The Morgan fingerprint density at radius 2 is 1.53 bits per heavy atom. The Labute approximate surface area is 172 Å². The molecule has 0 saturated heterocycles.